The van der Waals surface area contributed by atoms with E-state index in [2.05, 4.69) is 20.9 Å². The minimum Gasteiger partial charge on any atom is -0.365 e. The number of nitrogens with one attached hydrogen (secondary N) is 3. The molecule has 1 saturated heterocycles. The zero-order valence-corrected chi connectivity index (χ0v) is 19.7. The Kier molecular flexibility index (Phi) is 9.96. The molecule has 1 unspecified atom stereocenters. The second-order valence-electron chi connectivity index (χ2n) is 7.03. The van der Waals surface area contributed by atoms with Crippen LogP contribution in [0.15, 0.2) is 53.5 Å². The lowest BCUT2D eigenvalue weighted by molar-refractivity contribution is 0.0955. The van der Waals surface area contributed by atoms with Crippen LogP contribution in [0, 0.1) is 11.6 Å². The summed E-state index contributed by atoms with van der Waals surface area (Å²) in [5, 5.41) is 9.32. The quantitative estimate of drug-likeness (QED) is 0.217. The Morgan fingerprint density at radius 2 is 1.81 bits per heavy atom. The maximum absolute atomic E-state index is 14.0. The summed E-state index contributed by atoms with van der Waals surface area (Å²) in [6.07, 6.45) is 0.739. The Morgan fingerprint density at radius 3 is 2.48 bits per heavy atom. The molecule has 1 aliphatic rings. The first-order chi connectivity index (χ1) is 14.6. The molecule has 168 valence electrons. The van der Waals surface area contributed by atoms with Crippen molar-refractivity contribution < 1.29 is 13.6 Å². The average molecular weight is 543 g/mol. The van der Waals surface area contributed by atoms with Crippen LogP contribution < -0.4 is 20.9 Å². The smallest absolute Gasteiger partial charge is 0.251 e. The van der Waals surface area contributed by atoms with Crippen molar-refractivity contribution in [3.05, 3.63) is 65.7 Å². The molecule has 1 fully saturated rings. The van der Waals surface area contributed by atoms with Crippen molar-refractivity contribution in [2.45, 2.75) is 19.4 Å². The van der Waals surface area contributed by atoms with Crippen molar-refractivity contribution in [2.24, 2.45) is 4.99 Å². The average Bonchev–Trinajstić information content (AvgIpc) is 3.19. The van der Waals surface area contributed by atoms with E-state index in [0.29, 0.717) is 44.2 Å². The Bertz CT molecular complexity index is 861. The van der Waals surface area contributed by atoms with Gasteiger partial charge in [0.2, 0.25) is 0 Å². The molecule has 6 nitrogen and oxygen atoms in total. The third-order valence-electron chi connectivity index (χ3n) is 4.83. The number of guanidine groups is 1. The fraction of sp³-hybridized carbons (Fsp3) is 0.364. The van der Waals surface area contributed by atoms with E-state index >= 15 is 0 Å². The molecule has 0 aliphatic carbocycles. The van der Waals surface area contributed by atoms with Crippen LogP contribution in [0.2, 0.25) is 0 Å². The molecule has 9 heteroatoms. The van der Waals surface area contributed by atoms with Gasteiger partial charge in [-0.3, -0.25) is 9.79 Å². The van der Waals surface area contributed by atoms with E-state index in [-0.39, 0.29) is 41.6 Å². The molecular formula is C22H28F2IN5O. The number of aliphatic imine (C=N–C) groups is 1. The number of carbonyl (C=O) groups is 1. The summed E-state index contributed by atoms with van der Waals surface area (Å²) in [4.78, 5) is 18.3. The summed E-state index contributed by atoms with van der Waals surface area (Å²) in [6.45, 7) is 4.49. The molecule has 0 saturated carbocycles. The molecule has 1 atom stereocenters. The minimum absolute atomic E-state index is 0. The van der Waals surface area contributed by atoms with Gasteiger partial charge in [-0.25, -0.2) is 8.78 Å². The number of anilines is 1. The first-order valence-corrected chi connectivity index (χ1v) is 10.2. The highest BCUT2D eigenvalue weighted by Crippen LogP contribution is 2.26. The van der Waals surface area contributed by atoms with Crippen molar-refractivity contribution in [3.63, 3.8) is 0 Å². The van der Waals surface area contributed by atoms with Gasteiger partial charge in [-0.05, 0) is 37.6 Å². The topological polar surface area (TPSA) is 68.8 Å². The number of nitrogens with zero attached hydrogens (tertiary/aromatic N) is 2. The van der Waals surface area contributed by atoms with Gasteiger partial charge in [0.15, 0.2) is 5.96 Å². The maximum atomic E-state index is 14.0. The fourth-order valence-corrected chi connectivity index (χ4v) is 3.41. The van der Waals surface area contributed by atoms with Crippen LogP contribution in [0.4, 0.5) is 14.5 Å². The van der Waals surface area contributed by atoms with Gasteiger partial charge in [0.05, 0.1) is 6.54 Å². The van der Waals surface area contributed by atoms with Crippen LogP contribution in [0.25, 0.3) is 0 Å². The SMILES string of the molecule is CCNC(=NCCNC(=O)c1ccccc1)NC1CCN(c2c(F)cccc2F)C1.I. The molecule has 0 radical (unpaired) electrons. The summed E-state index contributed by atoms with van der Waals surface area (Å²) in [7, 11) is 0. The molecule has 1 amide bonds. The van der Waals surface area contributed by atoms with Gasteiger partial charge >= 0.3 is 0 Å². The zero-order valence-electron chi connectivity index (χ0n) is 17.4. The molecule has 2 aromatic carbocycles. The van der Waals surface area contributed by atoms with Crippen molar-refractivity contribution >= 4 is 41.5 Å². The molecule has 2 aromatic rings. The van der Waals surface area contributed by atoms with Crippen LogP contribution in [0.5, 0.6) is 0 Å². The van der Waals surface area contributed by atoms with Crippen LogP contribution in [0.3, 0.4) is 0 Å². The minimum atomic E-state index is -0.551. The standard InChI is InChI=1S/C22H27F2N5O.HI/c1-2-25-22(27-13-12-26-21(30)16-7-4-3-5-8-16)28-17-11-14-29(15-17)20-18(23)9-6-10-19(20)24;/h3-10,17H,2,11-15H2,1H3,(H,26,30)(H2,25,27,28);1H. The number of carbonyl (C=O) groups excluding carboxylic acids is 1. The van der Waals surface area contributed by atoms with Crippen molar-refractivity contribution in [1.82, 2.24) is 16.0 Å². The van der Waals surface area contributed by atoms with E-state index < -0.39 is 11.6 Å². The summed E-state index contributed by atoms with van der Waals surface area (Å²) in [5.74, 6) is -0.620. The van der Waals surface area contributed by atoms with Gasteiger partial charge in [-0.15, -0.1) is 24.0 Å². The predicted molar refractivity (Wildman–Crippen MR) is 130 cm³/mol. The number of hydrogen-bond acceptors (Lipinski definition) is 3. The van der Waals surface area contributed by atoms with Crippen LogP contribution in [-0.2, 0) is 0 Å². The normalized spacial score (nSPS) is 15.9. The van der Waals surface area contributed by atoms with Gasteiger partial charge in [-0.2, -0.15) is 0 Å². The molecule has 0 bridgehead atoms. The molecule has 31 heavy (non-hydrogen) atoms. The Morgan fingerprint density at radius 1 is 1.10 bits per heavy atom. The van der Waals surface area contributed by atoms with E-state index in [1.54, 1.807) is 17.0 Å². The van der Waals surface area contributed by atoms with Crippen molar-refractivity contribution in [3.8, 4) is 0 Å². The number of hydrogen-bond donors (Lipinski definition) is 3. The molecule has 1 aliphatic heterocycles. The molecule has 3 N–H and O–H groups in total. The van der Waals surface area contributed by atoms with Crippen LogP contribution in [0.1, 0.15) is 23.7 Å². The third-order valence-corrected chi connectivity index (χ3v) is 4.83. The second-order valence-corrected chi connectivity index (χ2v) is 7.03. The molecule has 1 heterocycles. The largest absolute Gasteiger partial charge is 0.365 e. The van der Waals surface area contributed by atoms with Gasteiger partial charge in [0.1, 0.15) is 17.3 Å². The Labute approximate surface area is 198 Å². The van der Waals surface area contributed by atoms with Crippen molar-refractivity contribution in [1.29, 1.82) is 0 Å². The second kappa shape index (κ2) is 12.4. The lowest BCUT2D eigenvalue weighted by Crippen LogP contribution is -2.45. The van der Waals surface area contributed by atoms with Crippen LogP contribution in [-0.4, -0.2) is 50.6 Å². The predicted octanol–water partition coefficient (Wildman–Crippen LogP) is 3.15. The maximum Gasteiger partial charge on any atom is 0.251 e. The Balaban J connectivity index is 0.00000341. The summed E-state index contributed by atoms with van der Waals surface area (Å²) in [5.41, 5.74) is 0.630. The monoisotopic (exact) mass is 543 g/mol. The van der Waals surface area contributed by atoms with E-state index in [9.17, 15) is 13.6 Å². The number of para-hydroxylation sites is 1. The Hall–Kier alpha value is -2.43. The molecule has 3 rings (SSSR count). The highest BCUT2D eigenvalue weighted by molar-refractivity contribution is 14.0. The van der Waals surface area contributed by atoms with E-state index in [4.69, 9.17) is 0 Å². The number of rotatable bonds is 7. The highest BCUT2D eigenvalue weighted by Gasteiger charge is 2.27. The fourth-order valence-electron chi connectivity index (χ4n) is 3.41. The molecule has 0 spiro atoms. The lowest BCUT2D eigenvalue weighted by atomic mass is 10.2. The van der Waals surface area contributed by atoms with Gasteiger partial charge < -0.3 is 20.9 Å². The lowest BCUT2D eigenvalue weighted by Gasteiger charge is -2.21. The summed E-state index contributed by atoms with van der Waals surface area (Å²) >= 11 is 0. The zero-order chi connectivity index (χ0) is 21.3. The number of benzene rings is 2. The summed E-state index contributed by atoms with van der Waals surface area (Å²) in [6, 6.07) is 12.9. The summed E-state index contributed by atoms with van der Waals surface area (Å²) < 4.78 is 28.1. The van der Waals surface area contributed by atoms with Gasteiger partial charge in [0, 0.05) is 37.8 Å². The van der Waals surface area contributed by atoms with E-state index in [1.807, 2.05) is 25.1 Å². The number of halogens is 3. The van der Waals surface area contributed by atoms with Crippen LogP contribution >= 0.6 is 24.0 Å². The molecule has 0 aromatic heterocycles. The van der Waals surface area contributed by atoms with Gasteiger partial charge in [-0.1, -0.05) is 24.3 Å². The first-order valence-electron chi connectivity index (χ1n) is 10.2. The molecular weight excluding hydrogens is 515 g/mol. The first kappa shape index (κ1) is 24.8. The van der Waals surface area contributed by atoms with Gasteiger partial charge in [0.25, 0.3) is 5.91 Å². The number of amides is 1. The van der Waals surface area contributed by atoms with E-state index in [1.165, 1.54) is 18.2 Å². The third kappa shape index (κ3) is 7.05. The highest BCUT2D eigenvalue weighted by atomic mass is 127. The van der Waals surface area contributed by atoms with E-state index in [0.717, 1.165) is 6.42 Å². The van der Waals surface area contributed by atoms with Crippen molar-refractivity contribution in [2.75, 3.05) is 37.6 Å².